The van der Waals surface area contributed by atoms with Crippen molar-refractivity contribution in [3.8, 4) is 0 Å². The van der Waals surface area contributed by atoms with E-state index in [4.69, 9.17) is 5.11 Å². The van der Waals surface area contributed by atoms with Crippen LogP contribution in [0.3, 0.4) is 0 Å². The summed E-state index contributed by atoms with van der Waals surface area (Å²) in [5.74, 6) is 0.351. The van der Waals surface area contributed by atoms with Crippen LogP contribution in [0.5, 0.6) is 0 Å². The van der Waals surface area contributed by atoms with Crippen LogP contribution in [0.4, 0.5) is 5.82 Å². The summed E-state index contributed by atoms with van der Waals surface area (Å²) in [7, 11) is -3.34. The molecule has 0 saturated carbocycles. The Morgan fingerprint density at radius 3 is 2.82 bits per heavy atom. The number of anilines is 1. The maximum atomic E-state index is 11.6. The first-order valence-electron chi connectivity index (χ1n) is 5.12. The van der Waals surface area contributed by atoms with Crippen molar-refractivity contribution in [1.29, 1.82) is 0 Å². The molecule has 6 heteroatoms. The fourth-order valence-corrected chi connectivity index (χ4v) is 2.31. The SMILES string of the molecule is C=CCN(CCO)c1ncccc1S(C)(=O)=O. The Kier molecular flexibility index (Phi) is 4.65. The minimum Gasteiger partial charge on any atom is -0.395 e. The van der Waals surface area contributed by atoms with Crippen molar-refractivity contribution < 1.29 is 13.5 Å². The van der Waals surface area contributed by atoms with E-state index in [1.807, 2.05) is 0 Å². The summed E-state index contributed by atoms with van der Waals surface area (Å²) in [6.45, 7) is 4.27. The van der Waals surface area contributed by atoms with Crippen LogP contribution in [0.2, 0.25) is 0 Å². The number of nitrogens with zero attached hydrogens (tertiary/aromatic N) is 2. The molecular formula is C11H16N2O3S. The third kappa shape index (κ3) is 3.54. The van der Waals surface area contributed by atoms with Crippen molar-refractivity contribution in [3.63, 3.8) is 0 Å². The fraction of sp³-hybridized carbons (Fsp3) is 0.364. The number of pyridine rings is 1. The van der Waals surface area contributed by atoms with Gasteiger partial charge in [0.2, 0.25) is 0 Å². The maximum absolute atomic E-state index is 11.6. The highest BCUT2D eigenvalue weighted by molar-refractivity contribution is 7.90. The molecule has 0 spiro atoms. The Balaban J connectivity index is 3.23. The second-order valence-electron chi connectivity index (χ2n) is 3.56. The van der Waals surface area contributed by atoms with Crippen LogP contribution in [-0.2, 0) is 9.84 Å². The molecule has 94 valence electrons. The molecule has 0 radical (unpaired) electrons. The van der Waals surface area contributed by atoms with Crippen LogP contribution in [0.15, 0.2) is 35.9 Å². The Labute approximate surface area is 101 Å². The molecule has 0 unspecified atom stereocenters. The van der Waals surface area contributed by atoms with E-state index in [0.717, 1.165) is 6.26 Å². The molecule has 1 aromatic rings. The van der Waals surface area contributed by atoms with Crippen LogP contribution >= 0.6 is 0 Å². The molecule has 0 aromatic carbocycles. The van der Waals surface area contributed by atoms with Crippen molar-refractivity contribution in [2.75, 3.05) is 30.9 Å². The number of rotatable bonds is 6. The van der Waals surface area contributed by atoms with Crippen LogP contribution in [0.25, 0.3) is 0 Å². The zero-order valence-corrected chi connectivity index (χ0v) is 10.5. The van der Waals surface area contributed by atoms with E-state index in [2.05, 4.69) is 11.6 Å². The number of sulfone groups is 1. The lowest BCUT2D eigenvalue weighted by molar-refractivity contribution is 0.302. The smallest absolute Gasteiger partial charge is 0.179 e. The first-order chi connectivity index (χ1) is 8.00. The molecule has 0 fully saturated rings. The molecule has 0 atom stereocenters. The van der Waals surface area contributed by atoms with Gasteiger partial charge < -0.3 is 10.0 Å². The van der Waals surface area contributed by atoms with Crippen LogP contribution in [-0.4, -0.2) is 44.5 Å². The minimum atomic E-state index is -3.34. The van der Waals surface area contributed by atoms with Crippen molar-refractivity contribution in [2.45, 2.75) is 4.90 Å². The Hall–Kier alpha value is -1.40. The van der Waals surface area contributed by atoms with Crippen LogP contribution in [0, 0.1) is 0 Å². The fourth-order valence-electron chi connectivity index (χ4n) is 1.47. The second-order valence-corrected chi connectivity index (χ2v) is 5.54. The van der Waals surface area contributed by atoms with Gasteiger partial charge in [0, 0.05) is 25.5 Å². The van der Waals surface area contributed by atoms with E-state index in [1.54, 1.807) is 17.0 Å². The van der Waals surface area contributed by atoms with Gasteiger partial charge in [-0.15, -0.1) is 6.58 Å². The van der Waals surface area contributed by atoms with E-state index >= 15 is 0 Å². The first kappa shape index (κ1) is 13.7. The monoisotopic (exact) mass is 256 g/mol. The predicted octanol–water partition coefficient (Wildman–Crippen LogP) is 0.470. The van der Waals surface area contributed by atoms with Gasteiger partial charge in [0.15, 0.2) is 9.84 Å². The van der Waals surface area contributed by atoms with Gasteiger partial charge in [0.1, 0.15) is 10.7 Å². The molecule has 1 aromatic heterocycles. The van der Waals surface area contributed by atoms with E-state index < -0.39 is 9.84 Å². The molecule has 0 saturated heterocycles. The highest BCUT2D eigenvalue weighted by Crippen LogP contribution is 2.21. The normalized spacial score (nSPS) is 11.2. The van der Waals surface area contributed by atoms with Crippen LogP contribution in [0.1, 0.15) is 0 Å². The molecule has 1 rings (SSSR count). The molecule has 17 heavy (non-hydrogen) atoms. The molecular weight excluding hydrogens is 240 g/mol. The maximum Gasteiger partial charge on any atom is 0.179 e. The Morgan fingerprint density at radius 1 is 1.59 bits per heavy atom. The largest absolute Gasteiger partial charge is 0.395 e. The first-order valence-corrected chi connectivity index (χ1v) is 7.01. The van der Waals surface area contributed by atoms with Crippen molar-refractivity contribution in [2.24, 2.45) is 0 Å². The highest BCUT2D eigenvalue weighted by atomic mass is 32.2. The molecule has 1 N–H and O–H groups in total. The zero-order valence-electron chi connectivity index (χ0n) is 9.70. The third-order valence-electron chi connectivity index (χ3n) is 2.17. The van der Waals surface area contributed by atoms with Gasteiger partial charge in [-0.25, -0.2) is 13.4 Å². The van der Waals surface area contributed by atoms with Gasteiger partial charge in [0.05, 0.1) is 6.61 Å². The standard InChI is InChI=1S/C11H16N2O3S/c1-3-7-13(8-9-14)11-10(17(2,15)16)5-4-6-12-11/h3-6,14H,1,7-9H2,2H3. The summed E-state index contributed by atoms with van der Waals surface area (Å²) in [5, 5.41) is 8.97. The van der Waals surface area contributed by atoms with Crippen molar-refractivity contribution in [3.05, 3.63) is 31.0 Å². The molecule has 0 amide bonds. The number of hydrogen-bond donors (Lipinski definition) is 1. The number of aromatic nitrogens is 1. The summed E-state index contributed by atoms with van der Waals surface area (Å²) < 4.78 is 23.2. The molecule has 5 nitrogen and oxygen atoms in total. The van der Waals surface area contributed by atoms with Gasteiger partial charge >= 0.3 is 0 Å². The molecule has 0 aliphatic heterocycles. The van der Waals surface area contributed by atoms with E-state index in [9.17, 15) is 8.42 Å². The molecule has 1 heterocycles. The van der Waals surface area contributed by atoms with Gasteiger partial charge in [0.25, 0.3) is 0 Å². The minimum absolute atomic E-state index is 0.0758. The lowest BCUT2D eigenvalue weighted by Crippen LogP contribution is -2.29. The Bertz CT molecular complexity index is 485. The van der Waals surface area contributed by atoms with E-state index in [-0.39, 0.29) is 11.5 Å². The van der Waals surface area contributed by atoms with E-state index in [1.165, 1.54) is 12.3 Å². The number of aliphatic hydroxyl groups is 1. The summed E-state index contributed by atoms with van der Waals surface area (Å²) in [5.41, 5.74) is 0. The highest BCUT2D eigenvalue weighted by Gasteiger charge is 2.18. The van der Waals surface area contributed by atoms with Gasteiger partial charge in [-0.1, -0.05) is 6.08 Å². The third-order valence-corrected chi connectivity index (χ3v) is 3.29. The van der Waals surface area contributed by atoms with Gasteiger partial charge in [-0.3, -0.25) is 0 Å². The van der Waals surface area contributed by atoms with Crippen molar-refractivity contribution >= 4 is 15.7 Å². The predicted molar refractivity (Wildman–Crippen MR) is 66.8 cm³/mol. The topological polar surface area (TPSA) is 70.5 Å². The average Bonchev–Trinajstić information content (AvgIpc) is 2.28. The lowest BCUT2D eigenvalue weighted by atomic mass is 10.4. The summed E-state index contributed by atoms with van der Waals surface area (Å²) in [6, 6.07) is 3.08. The summed E-state index contributed by atoms with van der Waals surface area (Å²) in [6.07, 6.45) is 4.30. The second kappa shape index (κ2) is 5.79. The van der Waals surface area contributed by atoms with Gasteiger partial charge in [-0.05, 0) is 12.1 Å². The quantitative estimate of drug-likeness (QED) is 0.749. The molecule has 0 bridgehead atoms. The lowest BCUT2D eigenvalue weighted by Gasteiger charge is -2.22. The Morgan fingerprint density at radius 2 is 2.29 bits per heavy atom. The molecule has 0 aliphatic carbocycles. The van der Waals surface area contributed by atoms with E-state index in [0.29, 0.717) is 18.9 Å². The van der Waals surface area contributed by atoms with Crippen LogP contribution < -0.4 is 4.90 Å². The summed E-state index contributed by atoms with van der Waals surface area (Å²) >= 11 is 0. The average molecular weight is 256 g/mol. The number of aliphatic hydroxyl groups excluding tert-OH is 1. The van der Waals surface area contributed by atoms with Gasteiger partial charge in [-0.2, -0.15) is 0 Å². The number of hydrogen-bond acceptors (Lipinski definition) is 5. The summed E-state index contributed by atoms with van der Waals surface area (Å²) in [4.78, 5) is 5.90. The molecule has 0 aliphatic rings. The van der Waals surface area contributed by atoms with Crippen molar-refractivity contribution in [1.82, 2.24) is 4.98 Å². The zero-order chi connectivity index (χ0) is 12.9.